The van der Waals surface area contributed by atoms with Gasteiger partial charge in [0, 0.05) is 6.54 Å². The van der Waals surface area contributed by atoms with Gasteiger partial charge in [-0.2, -0.15) is 0 Å². The number of hydrogen-bond donors (Lipinski definition) is 2. The molecule has 0 fully saturated rings. The molecule has 0 saturated heterocycles. The van der Waals surface area contributed by atoms with E-state index in [2.05, 4.69) is 10.3 Å². The second kappa shape index (κ2) is 4.59. The first-order chi connectivity index (χ1) is 3.77. The number of rotatable bonds is 2. The first kappa shape index (κ1) is 7.43. The van der Waals surface area contributed by atoms with Crippen LogP contribution in [0.1, 0.15) is 6.92 Å². The maximum atomic E-state index is 6.64. The molecular weight excluding hydrogens is 126 g/mol. The Morgan fingerprint density at radius 3 is 3.00 bits per heavy atom. The molecule has 3 nitrogen and oxygen atoms in total. The molecule has 0 aromatic carbocycles. The number of nitrogens with one attached hydrogen (secondary N) is 2. The highest BCUT2D eigenvalue weighted by atomic mass is 35.5. The molecule has 0 aliphatic rings. The third kappa shape index (κ3) is 5.43. The first-order valence-electron chi connectivity index (χ1n) is 2.26. The maximum Gasteiger partial charge on any atom is 0.193 e. The topological polar surface area (TPSA) is 48.2 Å². The SMILES string of the molecule is CCN=CNC(=N)Cl. The van der Waals surface area contributed by atoms with E-state index in [1.807, 2.05) is 6.92 Å². The van der Waals surface area contributed by atoms with Crippen molar-refractivity contribution in [1.29, 1.82) is 5.41 Å². The van der Waals surface area contributed by atoms with Crippen molar-refractivity contribution in [2.24, 2.45) is 4.99 Å². The van der Waals surface area contributed by atoms with Crippen molar-refractivity contribution in [3.05, 3.63) is 0 Å². The second-order valence-electron chi connectivity index (χ2n) is 1.09. The molecule has 0 aliphatic heterocycles. The van der Waals surface area contributed by atoms with Gasteiger partial charge in [0.05, 0.1) is 6.34 Å². The van der Waals surface area contributed by atoms with E-state index in [-0.39, 0.29) is 5.29 Å². The van der Waals surface area contributed by atoms with Crippen LogP contribution in [0.25, 0.3) is 0 Å². The molecule has 0 atom stereocenters. The zero-order valence-electron chi connectivity index (χ0n) is 4.61. The van der Waals surface area contributed by atoms with Gasteiger partial charge in [0.2, 0.25) is 0 Å². The van der Waals surface area contributed by atoms with E-state index in [0.717, 1.165) is 0 Å². The van der Waals surface area contributed by atoms with Gasteiger partial charge in [-0.05, 0) is 18.5 Å². The molecule has 0 rings (SSSR count). The average Bonchev–Trinajstić information content (AvgIpc) is 1.66. The fourth-order valence-corrected chi connectivity index (χ4v) is 0.242. The predicted octanol–water partition coefficient (Wildman–Crippen LogP) is 0.798. The molecule has 8 heavy (non-hydrogen) atoms. The molecular formula is C4H8ClN3. The Bertz CT molecular complexity index is 99.5. The third-order valence-electron chi connectivity index (χ3n) is 0.465. The molecule has 0 spiro atoms. The Morgan fingerprint density at radius 2 is 2.62 bits per heavy atom. The normalized spacial score (nSPS) is 9.75. The van der Waals surface area contributed by atoms with Crippen LogP contribution in [0.15, 0.2) is 4.99 Å². The predicted molar refractivity (Wildman–Crippen MR) is 35.7 cm³/mol. The highest BCUT2D eigenvalue weighted by molar-refractivity contribution is 6.64. The molecule has 0 heterocycles. The van der Waals surface area contributed by atoms with Gasteiger partial charge in [-0.1, -0.05) is 0 Å². The van der Waals surface area contributed by atoms with Gasteiger partial charge < -0.3 is 5.32 Å². The van der Waals surface area contributed by atoms with Gasteiger partial charge >= 0.3 is 0 Å². The van der Waals surface area contributed by atoms with E-state index in [0.29, 0.717) is 6.54 Å². The number of aliphatic imine (C=N–C) groups is 1. The van der Waals surface area contributed by atoms with Crippen molar-refractivity contribution in [1.82, 2.24) is 5.32 Å². The van der Waals surface area contributed by atoms with Crippen LogP contribution in [0.2, 0.25) is 0 Å². The largest absolute Gasteiger partial charge is 0.322 e. The lowest BCUT2D eigenvalue weighted by Gasteiger charge is -1.87. The minimum absolute atomic E-state index is 0.109. The fourth-order valence-electron chi connectivity index (χ4n) is 0.194. The summed E-state index contributed by atoms with van der Waals surface area (Å²) >= 11 is 5.09. The van der Waals surface area contributed by atoms with Crippen LogP contribution in [0.5, 0.6) is 0 Å². The van der Waals surface area contributed by atoms with E-state index in [9.17, 15) is 0 Å². The monoisotopic (exact) mass is 133 g/mol. The Morgan fingerprint density at radius 1 is 2.00 bits per heavy atom. The van der Waals surface area contributed by atoms with Crippen molar-refractivity contribution in [2.45, 2.75) is 6.92 Å². The van der Waals surface area contributed by atoms with Gasteiger partial charge in [-0.3, -0.25) is 10.4 Å². The summed E-state index contributed by atoms with van der Waals surface area (Å²) in [4.78, 5) is 3.75. The van der Waals surface area contributed by atoms with E-state index in [4.69, 9.17) is 17.0 Å². The summed E-state index contributed by atoms with van der Waals surface area (Å²) in [7, 11) is 0. The third-order valence-corrected chi connectivity index (χ3v) is 0.574. The summed E-state index contributed by atoms with van der Waals surface area (Å²) in [6, 6.07) is 0. The van der Waals surface area contributed by atoms with Crippen LogP contribution >= 0.6 is 11.6 Å². The molecule has 0 bridgehead atoms. The van der Waals surface area contributed by atoms with Gasteiger partial charge in [0.15, 0.2) is 5.29 Å². The van der Waals surface area contributed by atoms with E-state index in [1.165, 1.54) is 6.34 Å². The van der Waals surface area contributed by atoms with Crippen LogP contribution in [0, 0.1) is 5.41 Å². The van der Waals surface area contributed by atoms with Crippen LogP contribution in [0.4, 0.5) is 0 Å². The molecule has 0 saturated carbocycles. The van der Waals surface area contributed by atoms with Crippen LogP contribution in [0.3, 0.4) is 0 Å². The molecule has 2 N–H and O–H groups in total. The number of hydrogen-bond acceptors (Lipinski definition) is 2. The summed E-state index contributed by atoms with van der Waals surface area (Å²) in [6.07, 6.45) is 1.40. The molecule has 0 radical (unpaired) electrons. The van der Waals surface area contributed by atoms with Crippen LogP contribution in [-0.2, 0) is 0 Å². The number of amidine groups is 1. The van der Waals surface area contributed by atoms with Gasteiger partial charge in [-0.15, -0.1) is 0 Å². The van der Waals surface area contributed by atoms with Crippen molar-refractivity contribution >= 4 is 23.2 Å². The minimum atomic E-state index is -0.109. The lowest BCUT2D eigenvalue weighted by atomic mass is 10.8. The Hall–Kier alpha value is -0.570. The standard InChI is InChI=1S/C4H8ClN3/c1-2-7-3-8-4(5)6/h3H,2H2,1H3,(H2,6,7,8). The molecule has 0 aromatic rings. The summed E-state index contributed by atoms with van der Waals surface area (Å²) in [5, 5.41) is 8.93. The summed E-state index contributed by atoms with van der Waals surface area (Å²) in [5.74, 6) is 0. The Labute approximate surface area is 53.3 Å². The lowest BCUT2D eigenvalue weighted by molar-refractivity contribution is 1.12. The molecule has 4 heteroatoms. The smallest absolute Gasteiger partial charge is 0.193 e. The maximum absolute atomic E-state index is 6.64. The summed E-state index contributed by atoms with van der Waals surface area (Å²) in [5.41, 5.74) is 0. The molecule has 46 valence electrons. The first-order valence-corrected chi connectivity index (χ1v) is 2.64. The van der Waals surface area contributed by atoms with Crippen molar-refractivity contribution < 1.29 is 0 Å². The van der Waals surface area contributed by atoms with Crippen LogP contribution < -0.4 is 5.32 Å². The van der Waals surface area contributed by atoms with E-state index < -0.39 is 0 Å². The van der Waals surface area contributed by atoms with Crippen LogP contribution in [-0.4, -0.2) is 18.2 Å². The molecule has 0 aromatic heterocycles. The molecule has 0 amide bonds. The molecule has 0 aliphatic carbocycles. The summed E-state index contributed by atoms with van der Waals surface area (Å²) < 4.78 is 0. The minimum Gasteiger partial charge on any atom is -0.322 e. The quantitative estimate of drug-likeness (QED) is 0.327. The lowest BCUT2D eigenvalue weighted by Crippen LogP contribution is -2.13. The number of nitrogens with zero attached hydrogens (tertiary/aromatic N) is 1. The zero-order chi connectivity index (χ0) is 6.41. The van der Waals surface area contributed by atoms with Crippen molar-refractivity contribution in [3.63, 3.8) is 0 Å². The highest BCUT2D eigenvalue weighted by Crippen LogP contribution is 1.68. The average molecular weight is 134 g/mol. The zero-order valence-corrected chi connectivity index (χ0v) is 5.37. The Kier molecular flexibility index (Phi) is 4.26. The summed E-state index contributed by atoms with van der Waals surface area (Å²) in [6.45, 7) is 2.60. The second-order valence-corrected chi connectivity index (χ2v) is 1.46. The van der Waals surface area contributed by atoms with Gasteiger partial charge in [0.1, 0.15) is 0 Å². The fraction of sp³-hybridized carbons (Fsp3) is 0.500. The Balaban J connectivity index is 3.16. The highest BCUT2D eigenvalue weighted by Gasteiger charge is 1.77. The van der Waals surface area contributed by atoms with Crippen molar-refractivity contribution in [3.8, 4) is 0 Å². The van der Waals surface area contributed by atoms with E-state index >= 15 is 0 Å². The number of halogens is 1. The van der Waals surface area contributed by atoms with Crippen molar-refractivity contribution in [2.75, 3.05) is 6.54 Å². The van der Waals surface area contributed by atoms with E-state index in [1.54, 1.807) is 0 Å². The van der Waals surface area contributed by atoms with Gasteiger partial charge in [0.25, 0.3) is 0 Å². The van der Waals surface area contributed by atoms with Gasteiger partial charge in [-0.25, -0.2) is 0 Å². The molecule has 0 unspecified atom stereocenters.